The summed E-state index contributed by atoms with van der Waals surface area (Å²) in [6, 6.07) is 23.0. The molecule has 0 aromatic heterocycles. The Balaban J connectivity index is 1.42. The zero-order chi connectivity index (χ0) is 97.4. The maximum atomic E-state index is 16.1. The Hall–Kier alpha value is -12.4. The summed E-state index contributed by atoms with van der Waals surface area (Å²) in [6.45, 7) is -0.339. The Morgan fingerprint density at radius 3 is 0.947 bits per heavy atom. The van der Waals surface area contributed by atoms with E-state index in [1.807, 2.05) is 0 Å². The highest BCUT2D eigenvalue weighted by molar-refractivity contribution is 8.00. The molecule has 0 aliphatic carbocycles. The first kappa shape index (κ1) is 108. The highest BCUT2D eigenvalue weighted by Gasteiger charge is 2.44. The van der Waals surface area contributed by atoms with Gasteiger partial charge in [-0.1, -0.05) is 91.0 Å². The summed E-state index contributed by atoms with van der Waals surface area (Å²) in [4.78, 5) is 207. The molecule has 13 amide bonds. The van der Waals surface area contributed by atoms with Crippen LogP contribution in [0.2, 0.25) is 0 Å². The Labute approximate surface area is 782 Å². The quantitative estimate of drug-likeness (QED) is 0.0256. The van der Waals surface area contributed by atoms with Crippen molar-refractivity contribution in [2.45, 2.75) is 188 Å². The highest BCUT2D eigenvalue weighted by atomic mass is 32.2. The molecule has 12 atom stereocenters. The smallest absolute Gasteiger partial charge is 0.248 e. The van der Waals surface area contributed by atoms with Crippen LogP contribution in [0.1, 0.15) is 110 Å². The second-order valence-corrected chi connectivity index (χ2v) is 34.3. The zero-order valence-electron chi connectivity index (χ0n) is 77.9. The number of thioether (sulfide) groups is 1. The van der Waals surface area contributed by atoms with Gasteiger partial charge in [-0.3, -0.25) is 62.3 Å². The van der Waals surface area contributed by atoms with E-state index in [0.717, 1.165) is 36.3 Å². The molecule has 0 saturated carbocycles. The van der Waals surface area contributed by atoms with E-state index in [1.54, 1.807) is 127 Å². The van der Waals surface area contributed by atoms with E-state index in [1.165, 1.54) is 99.9 Å². The van der Waals surface area contributed by atoms with Gasteiger partial charge in [0.2, 0.25) is 76.8 Å². The molecule has 6 aromatic rings. The summed E-state index contributed by atoms with van der Waals surface area (Å²) in [6.07, 6.45) is 0.926. The summed E-state index contributed by atoms with van der Waals surface area (Å²) in [5.74, 6) is -10.2. The number of rotatable bonds is 34. The fourth-order valence-electron chi connectivity index (χ4n) is 15.7. The monoisotopic (exact) mass is 1860 g/mol. The number of hydrogen-bond acceptors (Lipinski definition) is 24. The molecule has 7 rings (SSSR count). The van der Waals surface area contributed by atoms with Crippen molar-refractivity contribution in [1.29, 1.82) is 0 Å². The molecule has 18 N–H and O–H groups in total. The van der Waals surface area contributed by atoms with Gasteiger partial charge in [0.15, 0.2) is 0 Å². The van der Waals surface area contributed by atoms with Gasteiger partial charge in [-0.15, -0.1) is 11.8 Å². The molecular weight excluding hydrogens is 1730 g/mol. The van der Waals surface area contributed by atoms with Gasteiger partial charge in [0.1, 0.15) is 101 Å². The lowest BCUT2D eigenvalue weighted by atomic mass is 9.98. The molecule has 1 saturated heterocycles. The van der Waals surface area contributed by atoms with Crippen LogP contribution in [0.15, 0.2) is 152 Å². The lowest BCUT2D eigenvalue weighted by Crippen LogP contribution is -2.62. The number of nitrogens with zero attached hydrogens (tertiary/aromatic N) is 6. The number of methoxy groups -OCH3 is 4. The van der Waals surface area contributed by atoms with E-state index >= 15 is 47.9 Å². The number of ether oxygens (including phenoxy) is 4. The van der Waals surface area contributed by atoms with Crippen LogP contribution >= 0.6 is 11.8 Å². The van der Waals surface area contributed by atoms with Crippen molar-refractivity contribution < 1.29 is 91.5 Å². The third kappa shape index (κ3) is 32.5. The van der Waals surface area contributed by atoms with Crippen LogP contribution in [0.4, 0.5) is 0 Å². The molecule has 0 spiro atoms. The topological polar surface area (TPSA) is 521 Å². The number of carbonyl (C=O) groups excluding carboxylic acids is 13. The van der Waals surface area contributed by atoms with Gasteiger partial charge in [-0.2, -0.15) is 0 Å². The molecule has 133 heavy (non-hydrogen) atoms. The fraction of sp³-hybridized carbons (Fsp3) is 0.490. The maximum Gasteiger partial charge on any atom is 0.248 e. The van der Waals surface area contributed by atoms with E-state index in [9.17, 15) is 24.6 Å². The zero-order valence-corrected chi connectivity index (χ0v) is 78.7. The van der Waals surface area contributed by atoms with Crippen molar-refractivity contribution in [3.05, 3.63) is 185 Å². The van der Waals surface area contributed by atoms with Crippen molar-refractivity contribution in [3.8, 4) is 28.7 Å². The number of benzene rings is 6. The van der Waals surface area contributed by atoms with Crippen LogP contribution in [0.3, 0.4) is 0 Å². The normalized spacial score (nSPS) is 21.9. The van der Waals surface area contributed by atoms with Crippen molar-refractivity contribution >= 4 is 88.6 Å². The standard InChI is InChI=1S/C96H135N17O19S/c1-108-78(53-61-22-12-11-13-23-61)88(120)106-75(27-17-21-51-100)93(125)113(6)83(58-114)96(128)111(4)81(56-65-34-44-70(131-9)45-35-65)90(122)105-74(26-16-20-50-99)92(124)112(5)82(57-66-36-46-71(132-10)47-37-66)95(127)110(3)80(55-64-32-42-69(130-8)43-33-64)87(119)103-72(24-14-18-48-97)86(118)107-77(85(101)117)59-133-60-84(116)102-76(52-62-28-38-67(115)39-29-62)94(126)109(2)79(54-63-30-40-68(129-7)41-31-63)89(121)104-73(91(108)123)25-15-19-49-98/h11-13,22-23,28-47,72-83,114-115H,14-21,24-27,48-60,97-100H2,1-10H3,(H2,101,117)(H,102,116)(H,103,119)(H,104,121)(H,105,122)(H,106,120)(H,107,118)/t72-,73-,74-,75-,76-,77-,78-,79-,80-,81-,82-,83-/m0/s1. The molecule has 1 heterocycles. The van der Waals surface area contributed by atoms with E-state index in [0.29, 0.717) is 82.1 Å². The van der Waals surface area contributed by atoms with Crippen LogP contribution in [0.25, 0.3) is 0 Å². The fourth-order valence-corrected chi connectivity index (χ4v) is 16.5. The van der Waals surface area contributed by atoms with E-state index in [2.05, 4.69) is 31.9 Å². The van der Waals surface area contributed by atoms with Crippen LogP contribution in [0.5, 0.6) is 28.7 Å². The Bertz CT molecular complexity index is 4760. The highest BCUT2D eigenvalue weighted by Crippen LogP contribution is 2.27. The number of likely N-dealkylation sites (N-methyl/N-ethyl adjacent to an activating group) is 6. The number of nitrogens with one attached hydrogen (secondary N) is 6. The average molecular weight is 1860 g/mol. The summed E-state index contributed by atoms with van der Waals surface area (Å²) in [5, 5.41) is 39.0. The van der Waals surface area contributed by atoms with E-state index in [4.69, 9.17) is 47.6 Å². The molecule has 724 valence electrons. The third-order valence-electron chi connectivity index (χ3n) is 23.9. The number of aliphatic hydroxyl groups is 1. The minimum atomic E-state index is -1.78. The van der Waals surface area contributed by atoms with Gasteiger partial charge in [-0.05, 0) is 197 Å². The number of phenolic OH excluding ortho intramolecular Hbond substituents is 1. The van der Waals surface area contributed by atoms with Crippen molar-refractivity contribution in [3.63, 3.8) is 0 Å². The van der Waals surface area contributed by atoms with E-state index in [-0.39, 0.29) is 128 Å². The van der Waals surface area contributed by atoms with Gasteiger partial charge in [0.05, 0.1) is 40.8 Å². The van der Waals surface area contributed by atoms with E-state index < -0.39 is 162 Å². The first-order chi connectivity index (χ1) is 63.8. The molecule has 0 unspecified atom stereocenters. The van der Waals surface area contributed by atoms with Crippen LogP contribution < -0.4 is 79.5 Å². The van der Waals surface area contributed by atoms with Crippen molar-refractivity contribution in [2.75, 3.05) is 115 Å². The first-order valence-corrected chi connectivity index (χ1v) is 46.0. The SMILES string of the molecule is COc1ccc(C[C@H]2C(=O)N[C@@H](CCCCN)C(=O)N(C)[C@@H](Cc3ccccc3)C(=O)N[C@@H](CCCCN)C(=O)N(C)[C@@H](CO)C(=O)N(C)[C@@H](Cc3ccc(OC)cc3)C(=O)N[C@@H](CCCCN)C(=O)N(C)[C@@H](Cc3ccc(OC)cc3)C(=O)N(C)[C@@H](Cc3ccc(OC)cc3)C(=O)N[C@@H](CCCCN)C(=O)N[C@H](C(N)=O)CSCC(=O)N[C@@H](Cc3ccc(O)cc3)C(=O)N2C)cc1. The Morgan fingerprint density at radius 1 is 0.338 bits per heavy atom. The number of amides is 13. The number of unbranched alkanes of at least 4 members (excludes halogenated alkanes) is 4. The van der Waals surface area contributed by atoms with Gasteiger partial charge in [-0.25, -0.2) is 0 Å². The largest absolute Gasteiger partial charge is 0.508 e. The van der Waals surface area contributed by atoms with Gasteiger partial charge < -0.3 is 119 Å². The summed E-state index contributed by atoms with van der Waals surface area (Å²) < 4.78 is 21.9. The van der Waals surface area contributed by atoms with Crippen LogP contribution in [-0.2, 0) is 101 Å². The lowest BCUT2D eigenvalue weighted by Gasteiger charge is -2.37. The molecule has 0 radical (unpaired) electrons. The average Bonchev–Trinajstić information content (AvgIpc) is 0.810. The number of aliphatic hydroxyl groups excluding tert-OH is 1. The van der Waals surface area contributed by atoms with Crippen LogP contribution in [0, 0.1) is 0 Å². The second-order valence-electron chi connectivity index (χ2n) is 33.2. The summed E-state index contributed by atoms with van der Waals surface area (Å²) in [5.41, 5.74) is 33.3. The molecule has 0 bridgehead atoms. The maximum absolute atomic E-state index is 16.1. The van der Waals surface area contributed by atoms with Gasteiger partial charge in [0, 0.05) is 86.6 Å². The number of nitrogens with two attached hydrogens (primary N) is 5. The predicted molar refractivity (Wildman–Crippen MR) is 505 cm³/mol. The van der Waals surface area contributed by atoms with Gasteiger partial charge in [0.25, 0.3) is 0 Å². The van der Waals surface area contributed by atoms with Crippen molar-refractivity contribution in [2.24, 2.45) is 28.7 Å². The first-order valence-electron chi connectivity index (χ1n) is 44.8. The molecule has 6 aromatic carbocycles. The number of phenols is 1. The Kier molecular flexibility index (Phi) is 44.6. The van der Waals surface area contributed by atoms with Crippen LogP contribution in [-0.4, -0.2) is 304 Å². The summed E-state index contributed by atoms with van der Waals surface area (Å²) >= 11 is 0.854. The molecular formula is C96H135N17O19S. The van der Waals surface area contributed by atoms with Crippen molar-refractivity contribution in [1.82, 2.24) is 61.3 Å². The third-order valence-corrected chi connectivity index (χ3v) is 25.0. The number of primary amides is 1. The Morgan fingerprint density at radius 2 is 0.617 bits per heavy atom. The number of hydrogen-bond donors (Lipinski definition) is 13. The minimum absolute atomic E-state index is 0.0511. The molecule has 36 nitrogen and oxygen atoms in total. The minimum Gasteiger partial charge on any atom is -0.508 e. The number of aromatic hydroxyl groups is 1. The second kappa shape index (κ2) is 55.2. The van der Waals surface area contributed by atoms with Gasteiger partial charge >= 0.3 is 0 Å². The number of carbonyl (C=O) groups is 13. The molecule has 37 heteroatoms. The molecule has 1 fully saturated rings. The summed E-state index contributed by atoms with van der Waals surface area (Å²) in [7, 11) is 13.9. The molecule has 1 aliphatic rings. The molecule has 1 aliphatic heterocycles. The predicted octanol–water partition coefficient (Wildman–Crippen LogP) is 1.79. The lowest BCUT2D eigenvalue weighted by molar-refractivity contribution is -0.151.